The van der Waals surface area contributed by atoms with Crippen LogP contribution in [0.2, 0.25) is 0 Å². The molecular formula is C19H18N4O3. The Kier molecular flexibility index (Phi) is 4.79. The number of hydrogen-bond acceptors (Lipinski definition) is 4. The lowest BCUT2D eigenvalue weighted by atomic mass is 10.0. The summed E-state index contributed by atoms with van der Waals surface area (Å²) in [6.45, 7) is 4.07. The Balaban J connectivity index is 1.94. The minimum atomic E-state index is -0.506. The number of nitro groups is 1. The summed E-state index contributed by atoms with van der Waals surface area (Å²) < 4.78 is 1.54. The molecule has 7 heteroatoms. The maximum atomic E-state index is 12.6. The molecule has 0 aliphatic heterocycles. The third-order valence-corrected chi connectivity index (χ3v) is 4.05. The molecule has 1 N–H and O–H groups in total. The topological polar surface area (TPSA) is 90.1 Å². The second-order valence-electron chi connectivity index (χ2n) is 6.13. The molecule has 0 unspecified atom stereocenters. The number of imidazole rings is 1. The number of para-hydroxylation sites is 1. The van der Waals surface area contributed by atoms with Gasteiger partial charge < -0.3 is 9.88 Å². The molecule has 0 bridgehead atoms. The van der Waals surface area contributed by atoms with Gasteiger partial charge in [0.15, 0.2) is 0 Å². The average molecular weight is 350 g/mol. The van der Waals surface area contributed by atoms with Crippen molar-refractivity contribution in [2.24, 2.45) is 0 Å². The molecule has 0 saturated heterocycles. The highest BCUT2D eigenvalue weighted by molar-refractivity contribution is 6.05. The Morgan fingerprint density at radius 1 is 1.23 bits per heavy atom. The number of nitro benzene ring substituents is 1. The molecule has 3 rings (SSSR count). The van der Waals surface area contributed by atoms with Crippen molar-refractivity contribution in [1.29, 1.82) is 0 Å². The third-order valence-electron chi connectivity index (χ3n) is 4.05. The SMILES string of the molecule is CC(C)c1ccccc1NC(=O)c1ccc(-n2ccnc2)c([N+](=O)[O-])c1. The molecule has 0 fully saturated rings. The Hall–Kier alpha value is -3.48. The molecule has 0 saturated carbocycles. The van der Waals surface area contributed by atoms with E-state index in [4.69, 9.17) is 0 Å². The van der Waals surface area contributed by atoms with Gasteiger partial charge in [0, 0.05) is 29.7 Å². The number of aromatic nitrogens is 2. The number of carbonyl (C=O) groups excluding carboxylic acids is 1. The molecule has 0 aliphatic carbocycles. The van der Waals surface area contributed by atoms with Gasteiger partial charge in [-0.25, -0.2) is 4.98 Å². The van der Waals surface area contributed by atoms with E-state index in [0.29, 0.717) is 11.4 Å². The van der Waals surface area contributed by atoms with E-state index in [-0.39, 0.29) is 17.2 Å². The fraction of sp³-hybridized carbons (Fsp3) is 0.158. The molecule has 3 aromatic rings. The van der Waals surface area contributed by atoms with Gasteiger partial charge in [-0.05, 0) is 29.7 Å². The molecule has 7 nitrogen and oxygen atoms in total. The van der Waals surface area contributed by atoms with E-state index in [9.17, 15) is 14.9 Å². The monoisotopic (exact) mass is 350 g/mol. The molecule has 132 valence electrons. The first-order chi connectivity index (χ1) is 12.5. The zero-order chi connectivity index (χ0) is 18.7. The van der Waals surface area contributed by atoms with Gasteiger partial charge in [-0.15, -0.1) is 0 Å². The molecule has 2 aromatic carbocycles. The van der Waals surface area contributed by atoms with Crippen LogP contribution in [0.3, 0.4) is 0 Å². The van der Waals surface area contributed by atoms with Crippen molar-refractivity contribution in [3.63, 3.8) is 0 Å². The molecular weight excluding hydrogens is 332 g/mol. The minimum absolute atomic E-state index is 0.159. The van der Waals surface area contributed by atoms with Crippen molar-refractivity contribution in [2.75, 3.05) is 5.32 Å². The van der Waals surface area contributed by atoms with Crippen LogP contribution in [0.4, 0.5) is 11.4 Å². The van der Waals surface area contributed by atoms with Crippen LogP contribution < -0.4 is 5.32 Å². The van der Waals surface area contributed by atoms with Gasteiger partial charge in [-0.3, -0.25) is 14.9 Å². The lowest BCUT2D eigenvalue weighted by molar-refractivity contribution is -0.384. The Morgan fingerprint density at radius 3 is 2.65 bits per heavy atom. The average Bonchev–Trinajstić information content (AvgIpc) is 3.16. The fourth-order valence-electron chi connectivity index (χ4n) is 2.74. The first kappa shape index (κ1) is 17.3. The Bertz CT molecular complexity index is 949. The lowest BCUT2D eigenvalue weighted by Crippen LogP contribution is -2.14. The minimum Gasteiger partial charge on any atom is -0.322 e. The van der Waals surface area contributed by atoms with Crippen molar-refractivity contribution in [3.8, 4) is 5.69 Å². The van der Waals surface area contributed by atoms with Crippen LogP contribution in [-0.4, -0.2) is 20.4 Å². The highest BCUT2D eigenvalue weighted by Gasteiger charge is 2.19. The zero-order valence-electron chi connectivity index (χ0n) is 14.4. The number of amides is 1. The summed E-state index contributed by atoms with van der Waals surface area (Å²) in [6.07, 6.45) is 4.62. The quantitative estimate of drug-likeness (QED) is 0.553. The van der Waals surface area contributed by atoms with Crippen LogP contribution in [-0.2, 0) is 0 Å². The van der Waals surface area contributed by atoms with Gasteiger partial charge in [0.25, 0.3) is 11.6 Å². The van der Waals surface area contributed by atoms with Crippen LogP contribution >= 0.6 is 0 Å². The van der Waals surface area contributed by atoms with Gasteiger partial charge in [-0.1, -0.05) is 32.0 Å². The van der Waals surface area contributed by atoms with Crippen molar-refractivity contribution in [1.82, 2.24) is 9.55 Å². The number of benzene rings is 2. The van der Waals surface area contributed by atoms with Crippen molar-refractivity contribution in [3.05, 3.63) is 82.4 Å². The van der Waals surface area contributed by atoms with E-state index < -0.39 is 10.8 Å². The molecule has 0 atom stereocenters. The number of hydrogen-bond donors (Lipinski definition) is 1. The smallest absolute Gasteiger partial charge is 0.294 e. The highest BCUT2D eigenvalue weighted by atomic mass is 16.6. The summed E-state index contributed by atoms with van der Waals surface area (Å²) in [5.41, 5.74) is 2.12. The van der Waals surface area contributed by atoms with Crippen molar-refractivity contribution >= 4 is 17.3 Å². The molecule has 1 amide bonds. The van der Waals surface area contributed by atoms with E-state index in [0.717, 1.165) is 5.56 Å². The lowest BCUT2D eigenvalue weighted by Gasteiger charge is -2.14. The molecule has 0 spiro atoms. The largest absolute Gasteiger partial charge is 0.322 e. The summed E-state index contributed by atoms with van der Waals surface area (Å²) in [4.78, 5) is 27.4. The number of nitrogens with one attached hydrogen (secondary N) is 1. The molecule has 1 aromatic heterocycles. The summed E-state index contributed by atoms with van der Waals surface area (Å²) in [7, 11) is 0. The van der Waals surface area contributed by atoms with Crippen molar-refractivity contribution in [2.45, 2.75) is 19.8 Å². The van der Waals surface area contributed by atoms with Crippen LogP contribution in [0.25, 0.3) is 5.69 Å². The Morgan fingerprint density at radius 2 is 2.00 bits per heavy atom. The Labute approximate surface area is 150 Å². The van der Waals surface area contributed by atoms with E-state index in [2.05, 4.69) is 10.3 Å². The van der Waals surface area contributed by atoms with Crippen LogP contribution in [0, 0.1) is 10.1 Å². The predicted molar refractivity (Wildman–Crippen MR) is 98.7 cm³/mol. The van der Waals surface area contributed by atoms with Gasteiger partial charge in [-0.2, -0.15) is 0 Å². The van der Waals surface area contributed by atoms with Crippen LogP contribution in [0.5, 0.6) is 0 Å². The maximum Gasteiger partial charge on any atom is 0.294 e. The summed E-state index contributed by atoms with van der Waals surface area (Å²) in [6, 6.07) is 11.9. The third kappa shape index (κ3) is 3.46. The first-order valence-corrected chi connectivity index (χ1v) is 8.14. The standard InChI is InChI=1S/C19H18N4O3/c1-13(2)15-5-3-4-6-16(15)21-19(24)14-7-8-17(18(11-14)23(25)26)22-10-9-20-12-22/h3-13H,1-2H3,(H,21,24). The zero-order valence-corrected chi connectivity index (χ0v) is 14.4. The summed E-state index contributed by atoms with van der Waals surface area (Å²) in [5.74, 6) is -0.150. The normalized spacial score (nSPS) is 10.7. The number of carbonyl (C=O) groups is 1. The van der Waals surface area contributed by atoms with E-state index in [1.54, 1.807) is 18.3 Å². The highest BCUT2D eigenvalue weighted by Crippen LogP contribution is 2.27. The maximum absolute atomic E-state index is 12.6. The summed E-state index contributed by atoms with van der Waals surface area (Å²) in [5, 5.41) is 14.3. The van der Waals surface area contributed by atoms with E-state index in [1.165, 1.54) is 23.2 Å². The number of rotatable bonds is 5. The number of anilines is 1. The van der Waals surface area contributed by atoms with Gasteiger partial charge in [0.05, 0.1) is 11.3 Å². The van der Waals surface area contributed by atoms with E-state index in [1.807, 2.05) is 38.1 Å². The van der Waals surface area contributed by atoms with E-state index >= 15 is 0 Å². The van der Waals surface area contributed by atoms with Crippen molar-refractivity contribution < 1.29 is 9.72 Å². The molecule has 0 radical (unpaired) electrons. The molecule has 0 aliphatic rings. The summed E-state index contributed by atoms with van der Waals surface area (Å²) >= 11 is 0. The van der Waals surface area contributed by atoms with Crippen LogP contribution in [0.1, 0.15) is 35.7 Å². The van der Waals surface area contributed by atoms with Gasteiger partial charge in [0.2, 0.25) is 0 Å². The van der Waals surface area contributed by atoms with Gasteiger partial charge in [0.1, 0.15) is 5.69 Å². The second kappa shape index (κ2) is 7.18. The molecule has 1 heterocycles. The first-order valence-electron chi connectivity index (χ1n) is 8.14. The fourth-order valence-corrected chi connectivity index (χ4v) is 2.74. The molecule has 26 heavy (non-hydrogen) atoms. The van der Waals surface area contributed by atoms with Gasteiger partial charge >= 0.3 is 0 Å². The van der Waals surface area contributed by atoms with Crippen LogP contribution in [0.15, 0.2) is 61.2 Å². The predicted octanol–water partition coefficient (Wildman–Crippen LogP) is 4.16. The second-order valence-corrected chi connectivity index (χ2v) is 6.13. The number of nitrogens with zero attached hydrogens (tertiary/aromatic N) is 3.